The maximum absolute atomic E-state index is 12.6. The Balaban J connectivity index is 1.60. The topological polar surface area (TPSA) is 89.9 Å². The van der Waals surface area contributed by atoms with E-state index >= 15 is 0 Å². The molecule has 0 spiro atoms. The standard InChI is InChI=1S/C18H18N4O3/c1-25-13-4-5-14-15(8-13)21-18(24)22(17(14)23)7-6-11-9-19-16(20-10-11)12-2-3-12/h4-5,8-10,12H,2-3,6-7H2,1H3,(H,21,24). The fourth-order valence-electron chi connectivity index (χ4n) is 2.85. The molecular weight excluding hydrogens is 320 g/mol. The van der Waals surface area contributed by atoms with E-state index in [9.17, 15) is 9.59 Å². The van der Waals surface area contributed by atoms with Crippen LogP contribution in [0, 0.1) is 0 Å². The summed E-state index contributed by atoms with van der Waals surface area (Å²) in [5.74, 6) is 1.99. The first-order valence-electron chi connectivity index (χ1n) is 8.27. The van der Waals surface area contributed by atoms with Crippen molar-refractivity contribution in [1.29, 1.82) is 0 Å². The van der Waals surface area contributed by atoms with Crippen molar-refractivity contribution in [2.24, 2.45) is 0 Å². The van der Waals surface area contributed by atoms with Crippen LogP contribution in [-0.2, 0) is 13.0 Å². The lowest BCUT2D eigenvalue weighted by Gasteiger charge is -2.07. The zero-order chi connectivity index (χ0) is 17.4. The maximum atomic E-state index is 12.6. The Morgan fingerprint density at radius 2 is 2.00 bits per heavy atom. The van der Waals surface area contributed by atoms with Gasteiger partial charge in [0, 0.05) is 30.9 Å². The number of fused-ring (bicyclic) bond motifs is 1. The van der Waals surface area contributed by atoms with Gasteiger partial charge in [-0.25, -0.2) is 14.8 Å². The highest BCUT2D eigenvalue weighted by molar-refractivity contribution is 5.78. The lowest BCUT2D eigenvalue weighted by molar-refractivity contribution is 0.415. The second-order valence-electron chi connectivity index (χ2n) is 6.27. The van der Waals surface area contributed by atoms with Crippen LogP contribution in [0.15, 0.2) is 40.2 Å². The summed E-state index contributed by atoms with van der Waals surface area (Å²) in [7, 11) is 1.54. The Morgan fingerprint density at radius 1 is 1.24 bits per heavy atom. The Morgan fingerprint density at radius 3 is 2.68 bits per heavy atom. The molecule has 4 rings (SSSR count). The van der Waals surface area contributed by atoms with Crippen molar-refractivity contribution >= 4 is 10.9 Å². The van der Waals surface area contributed by atoms with Crippen LogP contribution in [0.3, 0.4) is 0 Å². The van der Waals surface area contributed by atoms with E-state index < -0.39 is 5.69 Å². The fraction of sp³-hybridized carbons (Fsp3) is 0.333. The number of rotatable bonds is 5. The summed E-state index contributed by atoms with van der Waals surface area (Å²) in [6, 6.07) is 5.01. The summed E-state index contributed by atoms with van der Waals surface area (Å²) in [6.07, 6.45) is 6.41. The Labute approximate surface area is 143 Å². The largest absolute Gasteiger partial charge is 0.497 e. The SMILES string of the molecule is COc1ccc2c(=O)n(CCc3cnc(C4CC4)nc3)c(=O)[nH]c2c1. The maximum Gasteiger partial charge on any atom is 0.328 e. The normalized spacial score (nSPS) is 14.0. The van der Waals surface area contributed by atoms with Gasteiger partial charge in [0.25, 0.3) is 5.56 Å². The molecule has 3 aromatic rings. The minimum atomic E-state index is -0.429. The molecule has 7 heteroatoms. The van der Waals surface area contributed by atoms with Gasteiger partial charge in [0.2, 0.25) is 0 Å². The van der Waals surface area contributed by atoms with Crippen molar-refractivity contribution in [2.45, 2.75) is 31.7 Å². The second kappa shape index (κ2) is 6.16. The predicted octanol–water partition coefficient (Wildman–Crippen LogP) is 1.61. The van der Waals surface area contributed by atoms with Crippen LogP contribution >= 0.6 is 0 Å². The average molecular weight is 338 g/mol. The molecule has 1 aliphatic rings. The molecule has 0 aliphatic heterocycles. The Bertz CT molecular complexity index is 1030. The number of H-pyrrole nitrogens is 1. The molecule has 1 saturated carbocycles. The molecule has 1 N–H and O–H groups in total. The number of nitrogens with zero attached hydrogens (tertiary/aromatic N) is 3. The molecule has 2 aromatic heterocycles. The first-order valence-corrected chi connectivity index (χ1v) is 8.27. The molecule has 128 valence electrons. The van der Waals surface area contributed by atoms with Gasteiger partial charge in [-0.3, -0.25) is 9.36 Å². The summed E-state index contributed by atoms with van der Waals surface area (Å²) < 4.78 is 6.34. The third-order valence-electron chi connectivity index (χ3n) is 4.48. The number of benzene rings is 1. The summed E-state index contributed by atoms with van der Waals surface area (Å²) in [5.41, 5.74) is 0.645. The van der Waals surface area contributed by atoms with Gasteiger partial charge in [0.05, 0.1) is 18.0 Å². The molecule has 0 unspecified atom stereocenters. The number of methoxy groups -OCH3 is 1. The van der Waals surface area contributed by atoms with Crippen LogP contribution in [0.2, 0.25) is 0 Å². The Hall–Kier alpha value is -2.96. The van der Waals surface area contributed by atoms with Crippen LogP contribution in [0.5, 0.6) is 5.75 Å². The van der Waals surface area contributed by atoms with E-state index in [4.69, 9.17) is 4.74 Å². The number of aryl methyl sites for hydroxylation is 1. The van der Waals surface area contributed by atoms with E-state index in [1.165, 1.54) is 11.7 Å². The van der Waals surface area contributed by atoms with E-state index in [1.54, 1.807) is 30.6 Å². The molecule has 1 fully saturated rings. The number of nitrogens with one attached hydrogen (secondary N) is 1. The van der Waals surface area contributed by atoms with Crippen LogP contribution < -0.4 is 16.0 Å². The van der Waals surface area contributed by atoms with Crippen molar-refractivity contribution < 1.29 is 4.74 Å². The molecule has 25 heavy (non-hydrogen) atoms. The molecule has 1 aromatic carbocycles. The zero-order valence-electron chi connectivity index (χ0n) is 13.9. The number of hydrogen-bond donors (Lipinski definition) is 1. The molecule has 1 aliphatic carbocycles. The molecule has 7 nitrogen and oxygen atoms in total. The monoisotopic (exact) mass is 338 g/mol. The number of aromatic nitrogens is 4. The molecule has 0 saturated heterocycles. The van der Waals surface area contributed by atoms with E-state index in [1.807, 2.05) is 0 Å². The number of aromatic amines is 1. The van der Waals surface area contributed by atoms with E-state index in [0.717, 1.165) is 24.2 Å². The molecule has 0 atom stereocenters. The quantitative estimate of drug-likeness (QED) is 0.763. The van der Waals surface area contributed by atoms with Gasteiger partial charge in [0.1, 0.15) is 11.6 Å². The first kappa shape index (κ1) is 15.6. The van der Waals surface area contributed by atoms with Crippen molar-refractivity contribution in [2.75, 3.05) is 7.11 Å². The highest BCUT2D eigenvalue weighted by atomic mass is 16.5. The van der Waals surface area contributed by atoms with E-state index in [0.29, 0.717) is 29.0 Å². The highest BCUT2D eigenvalue weighted by Crippen LogP contribution is 2.37. The van der Waals surface area contributed by atoms with Gasteiger partial charge < -0.3 is 9.72 Å². The van der Waals surface area contributed by atoms with Gasteiger partial charge in [0.15, 0.2) is 0 Å². The van der Waals surface area contributed by atoms with E-state index in [-0.39, 0.29) is 12.1 Å². The van der Waals surface area contributed by atoms with Gasteiger partial charge in [-0.1, -0.05) is 0 Å². The van der Waals surface area contributed by atoms with Crippen LogP contribution in [-0.4, -0.2) is 26.6 Å². The molecule has 0 bridgehead atoms. The molecule has 0 radical (unpaired) electrons. The average Bonchev–Trinajstić information content (AvgIpc) is 3.46. The number of ether oxygens (including phenoxy) is 1. The summed E-state index contributed by atoms with van der Waals surface area (Å²) in [4.78, 5) is 36.3. The minimum absolute atomic E-state index is 0.280. The lowest BCUT2D eigenvalue weighted by Crippen LogP contribution is -2.35. The molecule has 0 amide bonds. The van der Waals surface area contributed by atoms with Crippen LogP contribution in [0.1, 0.15) is 30.1 Å². The minimum Gasteiger partial charge on any atom is -0.497 e. The third kappa shape index (κ3) is 3.05. The second-order valence-corrected chi connectivity index (χ2v) is 6.27. The fourth-order valence-corrected chi connectivity index (χ4v) is 2.85. The molecular formula is C18H18N4O3. The van der Waals surface area contributed by atoms with Gasteiger partial charge >= 0.3 is 5.69 Å². The van der Waals surface area contributed by atoms with Crippen LogP contribution in [0.25, 0.3) is 10.9 Å². The van der Waals surface area contributed by atoms with Crippen molar-refractivity contribution in [3.8, 4) is 5.75 Å². The zero-order valence-corrected chi connectivity index (χ0v) is 13.9. The first-order chi connectivity index (χ1) is 12.2. The lowest BCUT2D eigenvalue weighted by atomic mass is 10.2. The highest BCUT2D eigenvalue weighted by Gasteiger charge is 2.26. The third-order valence-corrected chi connectivity index (χ3v) is 4.48. The van der Waals surface area contributed by atoms with Crippen molar-refractivity contribution in [1.82, 2.24) is 19.5 Å². The number of hydrogen-bond acceptors (Lipinski definition) is 5. The van der Waals surface area contributed by atoms with E-state index in [2.05, 4.69) is 15.0 Å². The summed E-state index contributed by atoms with van der Waals surface area (Å²) >= 11 is 0. The smallest absolute Gasteiger partial charge is 0.328 e. The predicted molar refractivity (Wildman–Crippen MR) is 93.1 cm³/mol. The molecule has 2 heterocycles. The van der Waals surface area contributed by atoms with Gasteiger partial charge in [-0.2, -0.15) is 0 Å². The van der Waals surface area contributed by atoms with Crippen LogP contribution in [0.4, 0.5) is 0 Å². The van der Waals surface area contributed by atoms with Gasteiger partial charge in [-0.15, -0.1) is 0 Å². The van der Waals surface area contributed by atoms with Gasteiger partial charge in [-0.05, 0) is 37.0 Å². The summed E-state index contributed by atoms with van der Waals surface area (Å²) in [5, 5.41) is 0.459. The van der Waals surface area contributed by atoms with Crippen molar-refractivity contribution in [3.63, 3.8) is 0 Å². The Kier molecular flexibility index (Phi) is 3.83. The summed E-state index contributed by atoms with van der Waals surface area (Å²) in [6.45, 7) is 0.280. The van der Waals surface area contributed by atoms with Crippen molar-refractivity contribution in [3.05, 3.63) is 62.8 Å².